The number of hydrogen-bond donors (Lipinski definition) is 4. The van der Waals surface area contributed by atoms with Gasteiger partial charge in [0.2, 0.25) is 0 Å². The summed E-state index contributed by atoms with van der Waals surface area (Å²) >= 11 is 0. The van der Waals surface area contributed by atoms with Gasteiger partial charge in [-0.05, 0) is 54.8 Å². The fourth-order valence-corrected chi connectivity index (χ4v) is 4.87. The number of piperazine rings is 1. The van der Waals surface area contributed by atoms with E-state index in [-0.39, 0.29) is 11.4 Å². The van der Waals surface area contributed by atoms with Crippen molar-refractivity contribution in [2.75, 3.05) is 23.3 Å². The maximum absolute atomic E-state index is 13.0. The van der Waals surface area contributed by atoms with E-state index in [9.17, 15) is 4.79 Å². The molecule has 0 saturated carbocycles. The van der Waals surface area contributed by atoms with Crippen LogP contribution in [0.5, 0.6) is 0 Å². The van der Waals surface area contributed by atoms with Gasteiger partial charge in [-0.3, -0.25) is 4.79 Å². The molecule has 2 aliphatic heterocycles. The van der Waals surface area contributed by atoms with Crippen molar-refractivity contribution in [1.82, 2.24) is 14.9 Å². The smallest absolute Gasteiger partial charge is 0.293 e. The zero-order valence-electron chi connectivity index (χ0n) is 18.0. The van der Waals surface area contributed by atoms with Crippen LogP contribution in [-0.2, 0) is 7.05 Å². The molecule has 2 atom stereocenters. The van der Waals surface area contributed by atoms with Crippen LogP contribution in [0.1, 0.15) is 18.4 Å². The third-order valence-corrected chi connectivity index (χ3v) is 6.55. The molecule has 0 aliphatic carbocycles. The first kappa shape index (κ1) is 20.3. The number of nitrogens with two attached hydrogens (primary N) is 1. The van der Waals surface area contributed by atoms with Gasteiger partial charge in [-0.15, -0.1) is 0 Å². The third kappa shape index (κ3) is 3.42. The molecular formula is C24H27N7O. The quantitative estimate of drug-likeness (QED) is 0.464. The van der Waals surface area contributed by atoms with Crippen molar-refractivity contribution in [3.8, 4) is 0 Å². The number of allylic oxidation sites excluding steroid dienone is 1. The largest absolute Gasteiger partial charge is 0.404 e. The molecule has 2 fully saturated rings. The monoisotopic (exact) mass is 429 g/mol. The molecule has 3 aromatic rings. The van der Waals surface area contributed by atoms with Crippen LogP contribution < -0.4 is 26.8 Å². The normalized spacial score (nSPS) is 20.5. The van der Waals surface area contributed by atoms with E-state index in [1.807, 2.05) is 30.3 Å². The maximum atomic E-state index is 13.0. The second-order valence-corrected chi connectivity index (χ2v) is 8.42. The Morgan fingerprint density at radius 3 is 2.56 bits per heavy atom. The molecule has 2 aliphatic rings. The van der Waals surface area contributed by atoms with Gasteiger partial charge < -0.3 is 31.2 Å². The highest BCUT2D eigenvalue weighted by atomic mass is 16.1. The molecule has 2 aromatic carbocycles. The first-order valence-corrected chi connectivity index (χ1v) is 10.9. The topological polar surface area (TPSA) is 112 Å². The Kier molecular flexibility index (Phi) is 5.14. The van der Waals surface area contributed by atoms with E-state index in [1.54, 1.807) is 11.6 Å². The van der Waals surface area contributed by atoms with Gasteiger partial charge >= 0.3 is 0 Å². The first-order valence-electron chi connectivity index (χ1n) is 10.9. The van der Waals surface area contributed by atoms with Crippen molar-refractivity contribution in [2.45, 2.75) is 24.9 Å². The standard InChI is InChI=1S/C24H27N7O/c1-30-22-10-15(16(11-25)12-26)2-9-21(22)29-23(24(30)32)28-17-3-5-18(6-4-17)31-19-7-8-20(31)14-27-13-19/h2-6,9-12,19-20,25,27H,7-8,13-14,26H2,1H3,(H,28,29)/b16-12+,25-11?. The van der Waals surface area contributed by atoms with E-state index >= 15 is 0 Å². The number of anilines is 3. The van der Waals surface area contributed by atoms with E-state index in [0.717, 1.165) is 24.3 Å². The third-order valence-electron chi connectivity index (χ3n) is 6.55. The predicted octanol–water partition coefficient (Wildman–Crippen LogP) is 2.57. The van der Waals surface area contributed by atoms with E-state index in [4.69, 9.17) is 11.1 Å². The average Bonchev–Trinajstić information content (AvgIpc) is 3.06. The number of rotatable bonds is 5. The zero-order chi connectivity index (χ0) is 22.2. The molecule has 1 aromatic heterocycles. The SMILES string of the molecule is Cn1c(=O)c(Nc2ccc(N3C4CCC3CNC4)cc2)nc2ccc(/C(C=N)=C/N)cc21. The lowest BCUT2D eigenvalue weighted by molar-refractivity contribution is 0.485. The molecule has 0 spiro atoms. The number of nitrogens with zero attached hydrogens (tertiary/aromatic N) is 3. The maximum Gasteiger partial charge on any atom is 0.293 e. The lowest BCUT2D eigenvalue weighted by atomic mass is 10.1. The highest BCUT2D eigenvalue weighted by Crippen LogP contribution is 2.33. The molecule has 164 valence electrons. The van der Waals surface area contributed by atoms with Gasteiger partial charge in [0.25, 0.3) is 5.56 Å². The summed E-state index contributed by atoms with van der Waals surface area (Å²) < 4.78 is 1.57. The fourth-order valence-electron chi connectivity index (χ4n) is 4.87. The summed E-state index contributed by atoms with van der Waals surface area (Å²) in [6.07, 6.45) is 5.04. The summed E-state index contributed by atoms with van der Waals surface area (Å²) in [6.45, 7) is 2.08. The minimum Gasteiger partial charge on any atom is -0.404 e. The number of benzene rings is 2. The number of hydrogen-bond acceptors (Lipinski definition) is 7. The van der Waals surface area contributed by atoms with Crippen molar-refractivity contribution in [3.05, 3.63) is 64.6 Å². The molecule has 8 nitrogen and oxygen atoms in total. The van der Waals surface area contributed by atoms with Crippen LogP contribution in [0, 0.1) is 5.41 Å². The molecule has 32 heavy (non-hydrogen) atoms. The van der Waals surface area contributed by atoms with Gasteiger partial charge in [-0.2, -0.15) is 0 Å². The lowest BCUT2D eigenvalue weighted by Crippen LogP contribution is -2.51. The minimum absolute atomic E-state index is 0.216. The summed E-state index contributed by atoms with van der Waals surface area (Å²) in [5.74, 6) is 0.282. The predicted molar refractivity (Wildman–Crippen MR) is 130 cm³/mol. The Morgan fingerprint density at radius 2 is 1.91 bits per heavy atom. The van der Waals surface area contributed by atoms with Crippen molar-refractivity contribution in [3.63, 3.8) is 0 Å². The van der Waals surface area contributed by atoms with Crippen molar-refractivity contribution >= 4 is 40.0 Å². The van der Waals surface area contributed by atoms with Crippen LogP contribution in [0.4, 0.5) is 17.2 Å². The van der Waals surface area contributed by atoms with Crippen molar-refractivity contribution in [2.24, 2.45) is 12.8 Å². The van der Waals surface area contributed by atoms with Crippen LogP contribution in [0.2, 0.25) is 0 Å². The van der Waals surface area contributed by atoms with E-state index < -0.39 is 0 Å². The molecule has 5 rings (SSSR count). The van der Waals surface area contributed by atoms with Crippen LogP contribution in [-0.4, -0.2) is 40.9 Å². The van der Waals surface area contributed by atoms with Gasteiger partial charge in [-0.25, -0.2) is 4.98 Å². The second kappa shape index (κ2) is 8.12. The van der Waals surface area contributed by atoms with E-state index in [0.29, 0.717) is 28.7 Å². The minimum atomic E-state index is -0.216. The average molecular weight is 430 g/mol. The summed E-state index contributed by atoms with van der Waals surface area (Å²) in [7, 11) is 1.72. The number of fused-ring (bicyclic) bond motifs is 3. The van der Waals surface area contributed by atoms with Crippen molar-refractivity contribution < 1.29 is 0 Å². The first-order chi connectivity index (χ1) is 15.6. The van der Waals surface area contributed by atoms with Crippen LogP contribution in [0.25, 0.3) is 16.6 Å². The van der Waals surface area contributed by atoms with Gasteiger partial charge in [0.15, 0.2) is 5.82 Å². The number of aromatic nitrogens is 2. The lowest BCUT2D eigenvalue weighted by Gasteiger charge is -2.37. The van der Waals surface area contributed by atoms with Gasteiger partial charge in [0, 0.05) is 61.6 Å². The van der Waals surface area contributed by atoms with Crippen LogP contribution in [0.15, 0.2) is 53.5 Å². The summed E-state index contributed by atoms with van der Waals surface area (Å²) in [4.78, 5) is 20.0. The molecular weight excluding hydrogens is 402 g/mol. The van der Waals surface area contributed by atoms with Crippen LogP contribution >= 0.6 is 0 Å². The van der Waals surface area contributed by atoms with Crippen LogP contribution in [0.3, 0.4) is 0 Å². The van der Waals surface area contributed by atoms with Crippen molar-refractivity contribution in [1.29, 1.82) is 5.41 Å². The van der Waals surface area contributed by atoms with E-state index in [2.05, 4.69) is 32.7 Å². The molecule has 0 amide bonds. The Bertz CT molecular complexity index is 1250. The Labute approximate surface area is 186 Å². The number of nitrogens with one attached hydrogen (secondary N) is 3. The highest BCUT2D eigenvalue weighted by molar-refractivity contribution is 6.09. The summed E-state index contributed by atoms with van der Waals surface area (Å²) in [6, 6.07) is 14.9. The Morgan fingerprint density at radius 1 is 1.19 bits per heavy atom. The summed E-state index contributed by atoms with van der Waals surface area (Å²) in [5, 5.41) is 14.2. The fraction of sp³-hybridized carbons (Fsp3) is 0.292. The Balaban J connectivity index is 1.43. The van der Waals surface area contributed by atoms with Gasteiger partial charge in [0.1, 0.15) is 0 Å². The zero-order valence-corrected chi connectivity index (χ0v) is 18.0. The Hall–Kier alpha value is -3.65. The molecule has 8 heteroatoms. The molecule has 3 heterocycles. The van der Waals surface area contributed by atoms with E-state index in [1.165, 1.54) is 30.9 Å². The molecule has 2 bridgehead atoms. The van der Waals surface area contributed by atoms with Gasteiger partial charge in [-0.1, -0.05) is 6.07 Å². The molecule has 2 saturated heterocycles. The second-order valence-electron chi connectivity index (χ2n) is 8.42. The highest BCUT2D eigenvalue weighted by Gasteiger charge is 2.36. The van der Waals surface area contributed by atoms with Gasteiger partial charge in [0.05, 0.1) is 11.0 Å². The molecule has 0 radical (unpaired) electrons. The molecule has 2 unspecified atom stereocenters. The summed E-state index contributed by atoms with van der Waals surface area (Å²) in [5.41, 5.74) is 10.2. The number of aryl methyl sites for hydroxylation is 1. The molecule has 5 N–H and O–H groups in total.